The van der Waals surface area contributed by atoms with Gasteiger partial charge in [0, 0.05) is 12.6 Å². The maximum absolute atomic E-state index is 5.74. The summed E-state index contributed by atoms with van der Waals surface area (Å²) in [5.74, 6) is 0.678. The van der Waals surface area contributed by atoms with Crippen LogP contribution in [0.3, 0.4) is 0 Å². The summed E-state index contributed by atoms with van der Waals surface area (Å²) in [6.07, 6.45) is 8.03. The van der Waals surface area contributed by atoms with Crippen molar-refractivity contribution in [2.24, 2.45) is 11.7 Å². The molecular formula is C10H20N2. The molecule has 0 radical (unpaired) electrons. The zero-order chi connectivity index (χ0) is 8.81. The number of hydrogen-bond donors (Lipinski definition) is 2. The normalized spacial score (nSPS) is 28.2. The summed E-state index contributed by atoms with van der Waals surface area (Å²) in [5, 5.41) is 3.44. The predicted molar refractivity (Wildman–Crippen MR) is 53.0 cm³/mol. The number of rotatable bonds is 5. The lowest BCUT2D eigenvalue weighted by molar-refractivity contribution is 0.520. The van der Waals surface area contributed by atoms with Crippen LogP contribution in [-0.2, 0) is 0 Å². The molecule has 0 saturated heterocycles. The monoisotopic (exact) mass is 168 g/mol. The Morgan fingerprint density at radius 3 is 2.92 bits per heavy atom. The van der Waals surface area contributed by atoms with Gasteiger partial charge in [0.05, 0.1) is 0 Å². The highest BCUT2D eigenvalue weighted by Gasteiger charge is 2.14. The highest BCUT2D eigenvalue weighted by atomic mass is 14.9. The van der Waals surface area contributed by atoms with Gasteiger partial charge in [0.25, 0.3) is 0 Å². The second-order valence-electron chi connectivity index (χ2n) is 3.60. The molecule has 0 fully saturated rings. The van der Waals surface area contributed by atoms with E-state index in [0.29, 0.717) is 12.0 Å². The summed E-state index contributed by atoms with van der Waals surface area (Å²) in [4.78, 5) is 0. The van der Waals surface area contributed by atoms with Gasteiger partial charge in [-0.2, -0.15) is 0 Å². The molecule has 70 valence electrons. The molecule has 0 aliphatic heterocycles. The van der Waals surface area contributed by atoms with E-state index in [1.807, 2.05) is 0 Å². The fourth-order valence-corrected chi connectivity index (χ4v) is 1.55. The largest absolute Gasteiger partial charge is 0.324 e. The van der Waals surface area contributed by atoms with Crippen LogP contribution in [0.15, 0.2) is 12.2 Å². The van der Waals surface area contributed by atoms with E-state index >= 15 is 0 Å². The molecule has 0 aromatic heterocycles. The van der Waals surface area contributed by atoms with Gasteiger partial charge in [-0.15, -0.1) is 0 Å². The second kappa shape index (κ2) is 5.33. The van der Waals surface area contributed by atoms with Crippen LogP contribution in [0.2, 0.25) is 0 Å². The zero-order valence-corrected chi connectivity index (χ0v) is 7.92. The fourth-order valence-electron chi connectivity index (χ4n) is 1.55. The van der Waals surface area contributed by atoms with E-state index in [4.69, 9.17) is 5.73 Å². The Bertz CT molecular complexity index is 143. The molecule has 12 heavy (non-hydrogen) atoms. The quantitative estimate of drug-likeness (QED) is 0.479. The molecule has 2 nitrogen and oxygen atoms in total. The number of hydrogen-bond acceptors (Lipinski definition) is 2. The lowest BCUT2D eigenvalue weighted by atomic mass is 10.1. The van der Waals surface area contributed by atoms with E-state index in [1.54, 1.807) is 0 Å². The Hall–Kier alpha value is -0.340. The molecule has 0 amide bonds. The minimum atomic E-state index is 0.308. The minimum Gasteiger partial charge on any atom is -0.324 e. The van der Waals surface area contributed by atoms with E-state index in [9.17, 15) is 0 Å². The van der Waals surface area contributed by atoms with Crippen molar-refractivity contribution in [2.75, 3.05) is 13.1 Å². The lowest BCUT2D eigenvalue weighted by Gasteiger charge is -2.09. The van der Waals surface area contributed by atoms with Crippen LogP contribution in [0.1, 0.15) is 26.2 Å². The highest BCUT2D eigenvalue weighted by Crippen LogP contribution is 2.14. The van der Waals surface area contributed by atoms with Gasteiger partial charge in [0.1, 0.15) is 0 Å². The predicted octanol–water partition coefficient (Wildman–Crippen LogP) is 1.28. The standard InChI is InChI=1S/C10H20N2/c1-2-3-6-12-8-9-4-5-10(11)7-9/h4-5,9-10,12H,2-3,6-8,11H2,1H3. The lowest BCUT2D eigenvalue weighted by Crippen LogP contribution is -2.24. The molecule has 2 atom stereocenters. The molecule has 0 bridgehead atoms. The Balaban J connectivity index is 1.98. The van der Waals surface area contributed by atoms with Crippen molar-refractivity contribution in [3.05, 3.63) is 12.2 Å². The minimum absolute atomic E-state index is 0.308. The SMILES string of the molecule is CCCCNCC1C=CC(N)C1. The summed E-state index contributed by atoms with van der Waals surface area (Å²) in [6.45, 7) is 4.47. The third kappa shape index (κ3) is 3.37. The van der Waals surface area contributed by atoms with Gasteiger partial charge in [-0.05, 0) is 25.3 Å². The molecular weight excluding hydrogens is 148 g/mol. The first-order valence-electron chi connectivity index (χ1n) is 4.97. The van der Waals surface area contributed by atoms with Gasteiger partial charge < -0.3 is 11.1 Å². The molecule has 1 aliphatic rings. The zero-order valence-electron chi connectivity index (χ0n) is 7.92. The van der Waals surface area contributed by atoms with Crippen LogP contribution in [0.25, 0.3) is 0 Å². The van der Waals surface area contributed by atoms with E-state index in [1.165, 1.54) is 12.8 Å². The Labute approximate surface area is 75.2 Å². The third-order valence-corrected chi connectivity index (χ3v) is 2.32. The van der Waals surface area contributed by atoms with Gasteiger partial charge in [0.2, 0.25) is 0 Å². The summed E-state index contributed by atoms with van der Waals surface area (Å²) >= 11 is 0. The molecule has 0 aromatic carbocycles. The summed E-state index contributed by atoms with van der Waals surface area (Å²) in [5.41, 5.74) is 5.74. The van der Waals surface area contributed by atoms with Gasteiger partial charge in [0.15, 0.2) is 0 Å². The van der Waals surface area contributed by atoms with Crippen LogP contribution in [0, 0.1) is 5.92 Å². The van der Waals surface area contributed by atoms with Gasteiger partial charge in [-0.1, -0.05) is 25.5 Å². The molecule has 0 aromatic rings. The molecule has 2 heteroatoms. The van der Waals surface area contributed by atoms with Crippen LogP contribution in [0.4, 0.5) is 0 Å². The van der Waals surface area contributed by atoms with Crippen molar-refractivity contribution in [1.29, 1.82) is 0 Å². The molecule has 1 aliphatic carbocycles. The summed E-state index contributed by atoms with van der Waals surface area (Å²) in [7, 11) is 0. The highest BCUT2D eigenvalue weighted by molar-refractivity contribution is 5.04. The molecule has 1 rings (SSSR count). The first kappa shape index (κ1) is 9.75. The summed E-state index contributed by atoms with van der Waals surface area (Å²) < 4.78 is 0. The number of nitrogens with one attached hydrogen (secondary N) is 1. The van der Waals surface area contributed by atoms with Crippen LogP contribution < -0.4 is 11.1 Å². The maximum atomic E-state index is 5.74. The maximum Gasteiger partial charge on any atom is 0.0229 e. The Kier molecular flexibility index (Phi) is 4.33. The van der Waals surface area contributed by atoms with E-state index in [-0.39, 0.29) is 0 Å². The van der Waals surface area contributed by atoms with Crippen LogP contribution >= 0.6 is 0 Å². The third-order valence-electron chi connectivity index (χ3n) is 2.32. The Morgan fingerprint density at radius 1 is 1.50 bits per heavy atom. The average Bonchev–Trinajstić information content (AvgIpc) is 2.45. The van der Waals surface area contributed by atoms with Crippen molar-refractivity contribution in [2.45, 2.75) is 32.2 Å². The fraction of sp³-hybridized carbons (Fsp3) is 0.800. The topological polar surface area (TPSA) is 38.0 Å². The molecule has 0 saturated carbocycles. The first-order valence-corrected chi connectivity index (χ1v) is 4.97. The molecule has 0 heterocycles. The first-order chi connectivity index (χ1) is 5.83. The number of nitrogens with two attached hydrogens (primary N) is 1. The second-order valence-corrected chi connectivity index (χ2v) is 3.60. The smallest absolute Gasteiger partial charge is 0.0229 e. The van der Waals surface area contributed by atoms with Gasteiger partial charge >= 0.3 is 0 Å². The van der Waals surface area contributed by atoms with Crippen molar-refractivity contribution in [3.63, 3.8) is 0 Å². The van der Waals surface area contributed by atoms with Gasteiger partial charge in [-0.25, -0.2) is 0 Å². The van der Waals surface area contributed by atoms with Crippen molar-refractivity contribution >= 4 is 0 Å². The molecule has 0 spiro atoms. The van der Waals surface area contributed by atoms with Crippen molar-refractivity contribution in [3.8, 4) is 0 Å². The van der Waals surface area contributed by atoms with Crippen molar-refractivity contribution in [1.82, 2.24) is 5.32 Å². The molecule has 2 unspecified atom stereocenters. The van der Waals surface area contributed by atoms with Gasteiger partial charge in [-0.3, -0.25) is 0 Å². The Morgan fingerprint density at radius 2 is 2.33 bits per heavy atom. The van der Waals surface area contributed by atoms with E-state index in [0.717, 1.165) is 19.5 Å². The van der Waals surface area contributed by atoms with Crippen LogP contribution in [0.5, 0.6) is 0 Å². The number of unbranched alkanes of at least 4 members (excludes halogenated alkanes) is 1. The van der Waals surface area contributed by atoms with Crippen molar-refractivity contribution < 1.29 is 0 Å². The average molecular weight is 168 g/mol. The van der Waals surface area contributed by atoms with Crippen LogP contribution in [-0.4, -0.2) is 19.1 Å². The molecule has 3 N–H and O–H groups in total. The van der Waals surface area contributed by atoms with E-state index < -0.39 is 0 Å². The van der Waals surface area contributed by atoms with E-state index in [2.05, 4.69) is 24.4 Å². The summed E-state index contributed by atoms with van der Waals surface area (Å²) in [6, 6.07) is 0.308.